The van der Waals surface area contributed by atoms with Crippen LogP contribution in [-0.2, 0) is 9.53 Å². The number of methoxy groups -OCH3 is 1. The summed E-state index contributed by atoms with van der Waals surface area (Å²) in [5.41, 5.74) is 0.808. The number of rotatable bonds is 4. The van der Waals surface area contributed by atoms with Gasteiger partial charge < -0.3 is 19.6 Å². The highest BCUT2D eigenvalue weighted by Crippen LogP contribution is 2.36. The largest absolute Gasteiger partial charge is 0.490 e. The molecule has 1 amide bonds. The van der Waals surface area contributed by atoms with Crippen LogP contribution in [0, 0.1) is 11.8 Å². The van der Waals surface area contributed by atoms with E-state index in [0.29, 0.717) is 18.1 Å². The molecule has 1 aliphatic carbocycles. The van der Waals surface area contributed by atoms with Crippen LogP contribution in [0.25, 0.3) is 0 Å². The highest BCUT2D eigenvalue weighted by atomic mass is 19.4. The second-order valence-electron chi connectivity index (χ2n) is 8.12. The third-order valence-corrected chi connectivity index (χ3v) is 5.98. The summed E-state index contributed by atoms with van der Waals surface area (Å²) >= 11 is 0. The van der Waals surface area contributed by atoms with Gasteiger partial charge in [-0.3, -0.25) is 4.79 Å². The van der Waals surface area contributed by atoms with Crippen LogP contribution in [-0.4, -0.2) is 78.4 Å². The standard InChI is InChI=1S/C19H26N2O2.C2HF3O2/c1-23-18-9-10-21(19(22)15-5-3-2-4-6-15)17-13-20(12-16(17)18)11-14-7-8-14;3-2(4,5)1(6)7/h2-6,14,16-18H,7-13H2,1H3;(H,6,7)/t16-,17+,18-;/m0./s1. The van der Waals surface area contributed by atoms with Gasteiger partial charge in [0.15, 0.2) is 0 Å². The van der Waals surface area contributed by atoms with E-state index in [1.165, 1.54) is 19.4 Å². The Kier molecular flexibility index (Phi) is 7.02. The number of carboxylic acids is 1. The molecule has 3 fully saturated rings. The highest BCUT2D eigenvalue weighted by molar-refractivity contribution is 5.94. The summed E-state index contributed by atoms with van der Waals surface area (Å²) in [7, 11) is 1.82. The monoisotopic (exact) mass is 428 g/mol. The van der Waals surface area contributed by atoms with E-state index in [4.69, 9.17) is 14.6 Å². The number of carboxylic acid groups (broad SMARTS) is 1. The average Bonchev–Trinajstić information content (AvgIpc) is 3.42. The van der Waals surface area contributed by atoms with Crippen molar-refractivity contribution in [2.45, 2.75) is 37.6 Å². The second-order valence-corrected chi connectivity index (χ2v) is 8.12. The van der Waals surface area contributed by atoms with Crippen LogP contribution >= 0.6 is 0 Å². The number of fused-ring (bicyclic) bond motifs is 1. The van der Waals surface area contributed by atoms with Crippen molar-refractivity contribution >= 4 is 11.9 Å². The summed E-state index contributed by atoms with van der Waals surface area (Å²) in [6.45, 7) is 4.11. The van der Waals surface area contributed by atoms with Gasteiger partial charge in [-0.2, -0.15) is 13.2 Å². The van der Waals surface area contributed by atoms with E-state index < -0.39 is 12.1 Å². The van der Waals surface area contributed by atoms with E-state index in [2.05, 4.69) is 9.80 Å². The molecule has 2 aliphatic heterocycles. The Bertz CT molecular complexity index is 740. The fourth-order valence-electron chi connectivity index (χ4n) is 4.34. The minimum Gasteiger partial charge on any atom is -0.475 e. The van der Waals surface area contributed by atoms with Crippen molar-refractivity contribution in [3.05, 3.63) is 35.9 Å². The van der Waals surface area contributed by atoms with Crippen molar-refractivity contribution in [1.29, 1.82) is 0 Å². The Balaban J connectivity index is 0.000000318. The van der Waals surface area contributed by atoms with Crippen molar-refractivity contribution in [1.82, 2.24) is 9.80 Å². The van der Waals surface area contributed by atoms with Crippen LogP contribution in [0.4, 0.5) is 13.2 Å². The second kappa shape index (κ2) is 9.34. The molecule has 30 heavy (non-hydrogen) atoms. The van der Waals surface area contributed by atoms with E-state index in [9.17, 15) is 18.0 Å². The SMILES string of the molecule is CO[C@H]1CCN(C(=O)c2ccccc2)[C@@H]2CN(CC3CC3)C[C@H]12.O=C(O)C(F)(F)F. The van der Waals surface area contributed by atoms with Gasteiger partial charge in [0.2, 0.25) is 0 Å². The molecule has 166 valence electrons. The quantitative estimate of drug-likeness (QED) is 0.799. The topological polar surface area (TPSA) is 70.1 Å². The van der Waals surface area contributed by atoms with Crippen molar-refractivity contribution in [3.63, 3.8) is 0 Å². The van der Waals surface area contributed by atoms with Crippen LogP contribution in [0.5, 0.6) is 0 Å². The van der Waals surface area contributed by atoms with Crippen molar-refractivity contribution in [2.75, 3.05) is 33.3 Å². The normalized spacial score (nSPS) is 26.5. The Hall–Kier alpha value is -2.13. The summed E-state index contributed by atoms with van der Waals surface area (Å²) in [5, 5.41) is 7.12. The number of carbonyl (C=O) groups is 2. The lowest BCUT2D eigenvalue weighted by Crippen LogP contribution is -2.53. The lowest BCUT2D eigenvalue weighted by molar-refractivity contribution is -0.192. The molecule has 0 bridgehead atoms. The van der Waals surface area contributed by atoms with Gasteiger partial charge in [0, 0.05) is 44.8 Å². The maximum absolute atomic E-state index is 12.9. The number of alkyl halides is 3. The molecule has 1 saturated carbocycles. The van der Waals surface area contributed by atoms with Gasteiger partial charge in [-0.15, -0.1) is 0 Å². The third kappa shape index (κ3) is 5.51. The molecule has 0 spiro atoms. The number of aliphatic carboxylic acids is 1. The average molecular weight is 428 g/mol. The Labute approximate surface area is 173 Å². The summed E-state index contributed by atoms with van der Waals surface area (Å²) in [6.07, 6.45) is -1.07. The lowest BCUT2D eigenvalue weighted by atomic mass is 9.88. The summed E-state index contributed by atoms with van der Waals surface area (Å²) < 4.78 is 37.5. The van der Waals surface area contributed by atoms with Crippen LogP contribution in [0.1, 0.15) is 29.6 Å². The maximum Gasteiger partial charge on any atom is 0.490 e. The first-order chi connectivity index (χ1) is 14.2. The van der Waals surface area contributed by atoms with Gasteiger partial charge in [0.1, 0.15) is 0 Å². The Morgan fingerprint density at radius 3 is 2.30 bits per heavy atom. The number of ether oxygens (including phenoxy) is 1. The first-order valence-corrected chi connectivity index (χ1v) is 10.1. The smallest absolute Gasteiger partial charge is 0.475 e. The van der Waals surface area contributed by atoms with E-state index >= 15 is 0 Å². The molecule has 0 radical (unpaired) electrons. The highest BCUT2D eigenvalue weighted by Gasteiger charge is 2.46. The number of nitrogens with zero attached hydrogens (tertiary/aromatic N) is 2. The van der Waals surface area contributed by atoms with Gasteiger partial charge in [0.05, 0.1) is 12.1 Å². The molecule has 0 unspecified atom stereocenters. The number of piperidine rings is 1. The molecule has 2 saturated heterocycles. The molecule has 0 aromatic heterocycles. The number of likely N-dealkylation sites (tertiary alicyclic amines) is 2. The van der Waals surface area contributed by atoms with Gasteiger partial charge in [-0.1, -0.05) is 18.2 Å². The molecule has 9 heteroatoms. The molecule has 1 N–H and O–H groups in total. The number of benzene rings is 1. The van der Waals surface area contributed by atoms with Crippen molar-refractivity contribution < 1.29 is 32.6 Å². The van der Waals surface area contributed by atoms with E-state index in [0.717, 1.165) is 37.5 Å². The molecule has 1 aromatic carbocycles. The predicted molar refractivity (Wildman–Crippen MR) is 103 cm³/mol. The zero-order valence-corrected chi connectivity index (χ0v) is 16.8. The van der Waals surface area contributed by atoms with E-state index in [1.54, 1.807) is 0 Å². The fraction of sp³-hybridized carbons (Fsp3) is 0.619. The van der Waals surface area contributed by atoms with Crippen molar-refractivity contribution in [3.8, 4) is 0 Å². The minimum absolute atomic E-state index is 0.184. The number of amides is 1. The summed E-state index contributed by atoms with van der Waals surface area (Å²) in [4.78, 5) is 26.5. The van der Waals surface area contributed by atoms with Gasteiger partial charge in [-0.05, 0) is 37.3 Å². The molecule has 4 rings (SSSR count). The zero-order chi connectivity index (χ0) is 21.9. The first kappa shape index (κ1) is 22.6. The van der Waals surface area contributed by atoms with Crippen LogP contribution in [0.2, 0.25) is 0 Å². The predicted octanol–water partition coefficient (Wildman–Crippen LogP) is 2.89. The molecule has 3 atom stereocenters. The zero-order valence-electron chi connectivity index (χ0n) is 16.8. The number of hydrogen-bond donors (Lipinski definition) is 1. The molecule has 3 aliphatic rings. The Morgan fingerprint density at radius 1 is 1.13 bits per heavy atom. The number of halogens is 3. The first-order valence-electron chi connectivity index (χ1n) is 10.1. The maximum atomic E-state index is 12.9. The molecule has 6 nitrogen and oxygen atoms in total. The van der Waals surface area contributed by atoms with Gasteiger partial charge >= 0.3 is 12.1 Å². The summed E-state index contributed by atoms with van der Waals surface area (Å²) in [6, 6.07) is 10.0. The molecule has 1 aromatic rings. The molecule has 2 heterocycles. The van der Waals surface area contributed by atoms with E-state index in [-0.39, 0.29) is 5.91 Å². The minimum atomic E-state index is -5.08. The third-order valence-electron chi connectivity index (χ3n) is 5.98. The summed E-state index contributed by atoms with van der Waals surface area (Å²) in [5.74, 6) is -1.22. The van der Waals surface area contributed by atoms with Crippen LogP contribution in [0.15, 0.2) is 30.3 Å². The van der Waals surface area contributed by atoms with Crippen LogP contribution < -0.4 is 0 Å². The number of hydrogen-bond acceptors (Lipinski definition) is 4. The van der Waals surface area contributed by atoms with Gasteiger partial charge in [0.25, 0.3) is 5.91 Å². The lowest BCUT2D eigenvalue weighted by Gasteiger charge is -2.41. The fourth-order valence-corrected chi connectivity index (χ4v) is 4.34. The van der Waals surface area contributed by atoms with Crippen molar-refractivity contribution in [2.24, 2.45) is 11.8 Å². The number of carbonyl (C=O) groups excluding carboxylic acids is 1. The van der Waals surface area contributed by atoms with Crippen LogP contribution in [0.3, 0.4) is 0 Å². The van der Waals surface area contributed by atoms with E-state index in [1.807, 2.05) is 37.4 Å². The van der Waals surface area contributed by atoms with Gasteiger partial charge in [-0.25, -0.2) is 4.79 Å². The molecular weight excluding hydrogens is 401 g/mol. The molecular formula is C21H27F3N2O4. The Morgan fingerprint density at radius 2 is 1.77 bits per heavy atom.